The molecule has 0 aliphatic heterocycles. The van der Waals surface area contributed by atoms with Crippen molar-refractivity contribution >= 4 is 63.9 Å². The molecule has 120 valence electrons. The van der Waals surface area contributed by atoms with Gasteiger partial charge < -0.3 is 5.32 Å². The first-order valence-corrected chi connectivity index (χ1v) is 8.85. The van der Waals surface area contributed by atoms with Crippen LogP contribution >= 0.6 is 47.2 Å². The van der Waals surface area contributed by atoms with Gasteiger partial charge in [-0.05, 0) is 60.9 Å². The van der Waals surface area contributed by atoms with E-state index in [4.69, 9.17) is 35.4 Å². The van der Waals surface area contributed by atoms with Gasteiger partial charge in [-0.25, -0.2) is 0 Å². The summed E-state index contributed by atoms with van der Waals surface area (Å²) in [5.74, 6) is -0.282. The van der Waals surface area contributed by atoms with E-state index in [0.717, 1.165) is 4.90 Å². The Morgan fingerprint density at radius 2 is 1.74 bits per heavy atom. The Kier molecular flexibility index (Phi) is 6.53. The van der Waals surface area contributed by atoms with Crippen molar-refractivity contribution in [2.75, 3.05) is 11.6 Å². The fraction of sp³-hybridized carbons (Fsp3) is 0.0667. The smallest absolute Gasteiger partial charge is 0.269 e. The predicted octanol–water partition coefficient (Wildman–Crippen LogP) is 4.35. The fourth-order valence-corrected chi connectivity index (χ4v) is 2.54. The lowest BCUT2D eigenvalue weighted by Gasteiger charge is -2.12. The molecule has 0 atom stereocenters. The molecule has 0 spiro atoms. The summed E-state index contributed by atoms with van der Waals surface area (Å²) in [4.78, 5) is 13.1. The number of thiocarbonyl (C=S) groups is 1. The van der Waals surface area contributed by atoms with Crippen LogP contribution < -0.4 is 16.2 Å². The van der Waals surface area contributed by atoms with Gasteiger partial charge in [0.15, 0.2) is 5.11 Å². The number of carbonyl (C=O) groups is 1. The van der Waals surface area contributed by atoms with E-state index in [2.05, 4.69) is 16.2 Å². The molecule has 0 bridgehead atoms. The van der Waals surface area contributed by atoms with Gasteiger partial charge in [-0.3, -0.25) is 15.6 Å². The van der Waals surface area contributed by atoms with Gasteiger partial charge in [0.1, 0.15) is 0 Å². The second-order valence-electron chi connectivity index (χ2n) is 4.39. The van der Waals surface area contributed by atoms with Gasteiger partial charge in [0.05, 0.1) is 10.0 Å². The predicted molar refractivity (Wildman–Crippen MR) is 102 cm³/mol. The van der Waals surface area contributed by atoms with Gasteiger partial charge in [0.25, 0.3) is 5.91 Å². The molecule has 2 rings (SSSR count). The molecule has 23 heavy (non-hydrogen) atoms. The van der Waals surface area contributed by atoms with Gasteiger partial charge in [0.2, 0.25) is 0 Å². The molecule has 1 amide bonds. The number of hydrogen-bond acceptors (Lipinski definition) is 3. The molecule has 0 saturated heterocycles. The monoisotopic (exact) mass is 385 g/mol. The van der Waals surface area contributed by atoms with Crippen molar-refractivity contribution in [1.29, 1.82) is 0 Å². The van der Waals surface area contributed by atoms with E-state index < -0.39 is 0 Å². The maximum absolute atomic E-state index is 12.0. The molecule has 0 aromatic heterocycles. The number of benzene rings is 2. The summed E-state index contributed by atoms with van der Waals surface area (Å²) in [7, 11) is 0. The minimum Gasteiger partial charge on any atom is -0.331 e. The molecule has 4 nitrogen and oxygen atoms in total. The second-order valence-corrected chi connectivity index (χ2v) is 6.49. The zero-order valence-electron chi connectivity index (χ0n) is 12.0. The van der Waals surface area contributed by atoms with Crippen LogP contribution in [0.3, 0.4) is 0 Å². The average Bonchev–Trinajstić information content (AvgIpc) is 2.56. The van der Waals surface area contributed by atoms with Gasteiger partial charge >= 0.3 is 0 Å². The van der Waals surface area contributed by atoms with E-state index >= 15 is 0 Å². The third kappa shape index (κ3) is 5.28. The average molecular weight is 386 g/mol. The van der Waals surface area contributed by atoms with Crippen molar-refractivity contribution in [3.8, 4) is 0 Å². The first kappa shape index (κ1) is 17.9. The van der Waals surface area contributed by atoms with Crippen molar-refractivity contribution < 1.29 is 4.79 Å². The second kappa shape index (κ2) is 8.40. The molecule has 8 heteroatoms. The van der Waals surface area contributed by atoms with E-state index in [-0.39, 0.29) is 11.0 Å². The molecular formula is C15H13Cl2N3OS2. The summed E-state index contributed by atoms with van der Waals surface area (Å²) in [6.07, 6.45) is 1.98. The topological polar surface area (TPSA) is 53.2 Å². The first-order chi connectivity index (χ1) is 11.0. The van der Waals surface area contributed by atoms with E-state index in [9.17, 15) is 4.79 Å². The van der Waals surface area contributed by atoms with Gasteiger partial charge in [0, 0.05) is 16.1 Å². The number of rotatable bonds is 3. The Bertz CT molecular complexity index is 723. The highest BCUT2D eigenvalue weighted by Crippen LogP contribution is 2.24. The summed E-state index contributed by atoms with van der Waals surface area (Å²) in [5.41, 5.74) is 6.35. The van der Waals surface area contributed by atoms with E-state index in [0.29, 0.717) is 21.3 Å². The lowest BCUT2D eigenvalue weighted by molar-refractivity contribution is 0.0944. The Hall–Kier alpha value is -1.47. The number of amides is 1. The minimum atomic E-state index is -0.282. The fourth-order valence-electron chi connectivity index (χ4n) is 1.66. The normalized spacial score (nSPS) is 10.0. The van der Waals surface area contributed by atoms with Crippen LogP contribution in [0.1, 0.15) is 10.4 Å². The Labute approximate surface area is 153 Å². The van der Waals surface area contributed by atoms with Crippen LogP contribution in [0.4, 0.5) is 5.69 Å². The third-order valence-corrected chi connectivity index (χ3v) is 4.51. The summed E-state index contributed by atoms with van der Waals surface area (Å²) in [6, 6.07) is 12.3. The summed E-state index contributed by atoms with van der Waals surface area (Å²) < 4.78 is 0. The molecule has 0 heterocycles. The number of halogens is 2. The Morgan fingerprint density at radius 1 is 1.04 bits per heavy atom. The third-order valence-electron chi connectivity index (χ3n) is 2.82. The zero-order chi connectivity index (χ0) is 16.8. The molecule has 2 aromatic rings. The number of anilines is 1. The quantitative estimate of drug-likeness (QED) is 0.416. The SMILES string of the molecule is CSc1ccc(C(=O)NNC(=S)Nc2ccc(Cl)c(Cl)c2)cc1. The van der Waals surface area contributed by atoms with Crippen molar-refractivity contribution in [2.24, 2.45) is 0 Å². The van der Waals surface area contributed by atoms with Crippen molar-refractivity contribution in [3.05, 3.63) is 58.1 Å². The molecule has 2 aromatic carbocycles. The van der Waals surface area contributed by atoms with E-state index in [1.807, 2.05) is 18.4 Å². The number of hydrogen-bond donors (Lipinski definition) is 3. The Balaban J connectivity index is 1.87. The van der Waals surface area contributed by atoms with Gasteiger partial charge in [-0.2, -0.15) is 0 Å². The van der Waals surface area contributed by atoms with Crippen LogP contribution in [0.2, 0.25) is 10.0 Å². The van der Waals surface area contributed by atoms with Crippen LogP contribution in [-0.4, -0.2) is 17.3 Å². The number of carbonyl (C=O) groups excluding carboxylic acids is 1. The maximum atomic E-state index is 12.0. The van der Waals surface area contributed by atoms with E-state index in [1.165, 1.54) is 0 Å². The molecule has 0 fully saturated rings. The molecular weight excluding hydrogens is 373 g/mol. The van der Waals surface area contributed by atoms with Gasteiger partial charge in [-0.15, -0.1) is 11.8 Å². The van der Waals surface area contributed by atoms with Crippen molar-refractivity contribution in [3.63, 3.8) is 0 Å². The number of thioether (sulfide) groups is 1. The maximum Gasteiger partial charge on any atom is 0.269 e. The van der Waals surface area contributed by atoms with Gasteiger partial charge in [-0.1, -0.05) is 23.2 Å². The van der Waals surface area contributed by atoms with Crippen LogP contribution in [0.5, 0.6) is 0 Å². The summed E-state index contributed by atoms with van der Waals surface area (Å²) in [5, 5.41) is 4.00. The molecule has 0 unspecified atom stereocenters. The van der Waals surface area contributed by atoms with Crippen LogP contribution in [-0.2, 0) is 0 Å². The van der Waals surface area contributed by atoms with Crippen molar-refractivity contribution in [2.45, 2.75) is 4.90 Å². The van der Waals surface area contributed by atoms with Crippen LogP contribution in [0.15, 0.2) is 47.4 Å². The lowest BCUT2D eigenvalue weighted by Crippen LogP contribution is -2.43. The summed E-state index contributed by atoms with van der Waals surface area (Å²) >= 11 is 18.5. The van der Waals surface area contributed by atoms with Crippen LogP contribution in [0.25, 0.3) is 0 Å². The highest BCUT2D eigenvalue weighted by atomic mass is 35.5. The standard InChI is InChI=1S/C15H13Cl2N3OS2/c1-23-11-5-2-9(3-6-11)14(21)19-20-15(22)18-10-4-7-12(16)13(17)8-10/h2-8H,1H3,(H,19,21)(H2,18,20,22). The molecule has 3 N–H and O–H groups in total. The summed E-state index contributed by atoms with van der Waals surface area (Å²) in [6.45, 7) is 0. The largest absolute Gasteiger partial charge is 0.331 e. The molecule has 0 saturated carbocycles. The Morgan fingerprint density at radius 3 is 2.35 bits per heavy atom. The number of nitrogens with one attached hydrogen (secondary N) is 3. The highest BCUT2D eigenvalue weighted by Gasteiger charge is 2.06. The number of hydrazine groups is 1. The minimum absolute atomic E-state index is 0.234. The zero-order valence-corrected chi connectivity index (χ0v) is 15.2. The first-order valence-electron chi connectivity index (χ1n) is 6.46. The molecule has 0 aliphatic rings. The molecule has 0 radical (unpaired) electrons. The van der Waals surface area contributed by atoms with E-state index in [1.54, 1.807) is 42.1 Å². The highest BCUT2D eigenvalue weighted by molar-refractivity contribution is 7.98. The molecule has 0 aliphatic carbocycles. The van der Waals surface area contributed by atoms with Crippen molar-refractivity contribution in [1.82, 2.24) is 10.9 Å². The van der Waals surface area contributed by atoms with Crippen LogP contribution in [0, 0.1) is 0 Å². The lowest BCUT2D eigenvalue weighted by atomic mass is 10.2.